The van der Waals surface area contributed by atoms with Gasteiger partial charge in [0.2, 0.25) is 5.95 Å². The molecule has 10 nitrogen and oxygen atoms in total. The van der Waals surface area contributed by atoms with Crippen molar-refractivity contribution in [2.75, 3.05) is 64.1 Å². The monoisotopic (exact) mass is 597 g/mol. The van der Waals surface area contributed by atoms with Crippen LogP contribution >= 0.6 is 11.6 Å². The minimum absolute atomic E-state index is 0.0321. The van der Waals surface area contributed by atoms with Gasteiger partial charge >= 0.3 is 0 Å². The van der Waals surface area contributed by atoms with Crippen LogP contribution in [0.2, 0.25) is 5.02 Å². The minimum atomic E-state index is -0.613. The number of aliphatic hydroxyl groups excluding tert-OH is 1. The average molecular weight is 598 g/mol. The van der Waals surface area contributed by atoms with Gasteiger partial charge in [-0.2, -0.15) is 4.98 Å². The fourth-order valence-corrected chi connectivity index (χ4v) is 6.01. The molecule has 224 valence electrons. The molecule has 4 N–H and O–H groups in total. The van der Waals surface area contributed by atoms with Crippen LogP contribution in [0.5, 0.6) is 5.75 Å². The zero-order valence-electron chi connectivity index (χ0n) is 23.9. The Labute approximate surface area is 250 Å². The SMILES string of the molecule is CNC(=O)c1cccc(F)c1Nc1nc(Nc2ccc3c(c2OC)CCCC(N2CCN(CCO)CC2)C3)ncc1Cl. The lowest BCUT2D eigenvalue weighted by molar-refractivity contribution is 0.0805. The number of para-hydroxylation sites is 1. The molecule has 42 heavy (non-hydrogen) atoms. The molecule has 1 saturated heterocycles. The van der Waals surface area contributed by atoms with E-state index in [1.165, 1.54) is 42.6 Å². The number of amides is 1. The van der Waals surface area contributed by atoms with Crippen LogP contribution in [-0.2, 0) is 12.8 Å². The Balaban J connectivity index is 1.35. The number of methoxy groups -OCH3 is 1. The van der Waals surface area contributed by atoms with E-state index in [1.54, 1.807) is 7.11 Å². The quantitative estimate of drug-likeness (QED) is 0.272. The van der Waals surface area contributed by atoms with Gasteiger partial charge < -0.3 is 25.8 Å². The number of halogens is 2. The Morgan fingerprint density at radius 2 is 2.00 bits per heavy atom. The van der Waals surface area contributed by atoms with Gasteiger partial charge in [0.15, 0.2) is 5.82 Å². The first-order valence-electron chi connectivity index (χ1n) is 14.2. The maximum absolute atomic E-state index is 14.7. The first-order valence-corrected chi connectivity index (χ1v) is 14.6. The third kappa shape index (κ3) is 6.59. The van der Waals surface area contributed by atoms with Crippen molar-refractivity contribution in [3.05, 3.63) is 64.1 Å². The topological polar surface area (TPSA) is 115 Å². The van der Waals surface area contributed by atoms with Gasteiger partial charge in [0, 0.05) is 45.8 Å². The van der Waals surface area contributed by atoms with E-state index in [9.17, 15) is 14.3 Å². The third-order valence-electron chi connectivity index (χ3n) is 8.04. The lowest BCUT2D eigenvalue weighted by Crippen LogP contribution is -2.51. The number of aromatic nitrogens is 2. The molecule has 5 rings (SSSR count). The molecule has 1 aromatic heterocycles. The molecule has 1 atom stereocenters. The average Bonchev–Trinajstić information content (AvgIpc) is 3.22. The van der Waals surface area contributed by atoms with Crippen LogP contribution in [0, 0.1) is 5.82 Å². The summed E-state index contributed by atoms with van der Waals surface area (Å²) in [5.74, 6) is 0.0924. The molecular formula is C30H37ClFN7O3. The number of fused-ring (bicyclic) bond motifs is 1. The highest BCUT2D eigenvalue weighted by Gasteiger charge is 2.28. The number of aliphatic hydroxyl groups is 1. The summed E-state index contributed by atoms with van der Waals surface area (Å²) in [7, 11) is 3.14. The lowest BCUT2D eigenvalue weighted by Gasteiger charge is -2.39. The molecule has 0 radical (unpaired) electrons. The van der Waals surface area contributed by atoms with Crippen LogP contribution in [0.3, 0.4) is 0 Å². The number of benzene rings is 2. The molecule has 1 amide bonds. The van der Waals surface area contributed by atoms with E-state index in [0.717, 1.165) is 69.8 Å². The molecule has 1 aliphatic carbocycles. The Bertz CT molecular complexity index is 1420. The van der Waals surface area contributed by atoms with E-state index >= 15 is 0 Å². The smallest absolute Gasteiger partial charge is 0.253 e. The highest BCUT2D eigenvalue weighted by atomic mass is 35.5. The highest BCUT2D eigenvalue weighted by Crippen LogP contribution is 2.38. The van der Waals surface area contributed by atoms with Gasteiger partial charge in [-0.1, -0.05) is 23.7 Å². The molecule has 1 unspecified atom stereocenters. The summed E-state index contributed by atoms with van der Waals surface area (Å²) in [5, 5.41) is 18.1. The normalized spacial score (nSPS) is 17.7. The van der Waals surface area contributed by atoms with E-state index in [-0.39, 0.29) is 34.6 Å². The van der Waals surface area contributed by atoms with Gasteiger partial charge in [-0.25, -0.2) is 9.37 Å². The van der Waals surface area contributed by atoms with Crippen LogP contribution in [-0.4, -0.2) is 90.3 Å². The van der Waals surface area contributed by atoms with Crippen LogP contribution in [0.15, 0.2) is 36.5 Å². The van der Waals surface area contributed by atoms with Gasteiger partial charge in [-0.3, -0.25) is 14.6 Å². The van der Waals surface area contributed by atoms with E-state index in [0.29, 0.717) is 6.04 Å². The number of β-amino-alcohol motifs (C(OH)–C–C–N with tert-alkyl or cyclic N) is 1. The zero-order chi connectivity index (χ0) is 29.6. The largest absolute Gasteiger partial charge is 0.494 e. The van der Waals surface area contributed by atoms with Crippen molar-refractivity contribution in [2.45, 2.75) is 31.7 Å². The van der Waals surface area contributed by atoms with Crippen LogP contribution < -0.4 is 20.7 Å². The molecule has 12 heteroatoms. The number of hydrogen-bond donors (Lipinski definition) is 4. The Morgan fingerprint density at radius 3 is 2.74 bits per heavy atom. The van der Waals surface area contributed by atoms with Crippen molar-refractivity contribution in [3.8, 4) is 5.75 Å². The molecule has 2 heterocycles. The minimum Gasteiger partial charge on any atom is -0.494 e. The molecule has 0 saturated carbocycles. The number of piperazine rings is 1. The van der Waals surface area contributed by atoms with E-state index in [2.05, 4.69) is 41.8 Å². The molecule has 0 spiro atoms. The summed E-state index contributed by atoms with van der Waals surface area (Å²) in [6, 6.07) is 8.82. The van der Waals surface area contributed by atoms with E-state index < -0.39 is 11.7 Å². The maximum atomic E-state index is 14.7. The second kappa shape index (κ2) is 13.6. The summed E-state index contributed by atoms with van der Waals surface area (Å²) < 4.78 is 20.6. The summed E-state index contributed by atoms with van der Waals surface area (Å²) in [6.07, 6.45) is 5.44. The molecule has 1 fully saturated rings. The Kier molecular flexibility index (Phi) is 9.73. The predicted octanol–water partition coefficient (Wildman–Crippen LogP) is 3.98. The maximum Gasteiger partial charge on any atom is 0.253 e. The van der Waals surface area contributed by atoms with Gasteiger partial charge in [-0.15, -0.1) is 0 Å². The van der Waals surface area contributed by atoms with Gasteiger partial charge in [0.05, 0.1) is 36.9 Å². The number of hydrogen-bond acceptors (Lipinski definition) is 9. The van der Waals surface area contributed by atoms with Crippen molar-refractivity contribution in [1.29, 1.82) is 0 Å². The van der Waals surface area contributed by atoms with E-state index in [4.69, 9.17) is 16.3 Å². The first-order chi connectivity index (χ1) is 20.4. The molecule has 0 bridgehead atoms. The predicted molar refractivity (Wildman–Crippen MR) is 162 cm³/mol. The van der Waals surface area contributed by atoms with Crippen LogP contribution in [0.1, 0.15) is 34.3 Å². The Morgan fingerprint density at radius 1 is 1.19 bits per heavy atom. The number of carbonyl (C=O) groups excluding carboxylic acids is 1. The van der Waals surface area contributed by atoms with Gasteiger partial charge in [0.25, 0.3) is 5.91 Å². The number of ether oxygens (including phenoxy) is 1. The Hall–Kier alpha value is -3.51. The van der Waals surface area contributed by atoms with Crippen LogP contribution in [0.25, 0.3) is 0 Å². The summed E-state index contributed by atoms with van der Waals surface area (Å²) in [6.45, 7) is 4.94. The molecule has 2 aromatic carbocycles. The number of rotatable bonds is 9. The lowest BCUT2D eigenvalue weighted by atomic mass is 9.98. The number of carbonyl (C=O) groups is 1. The summed E-state index contributed by atoms with van der Waals surface area (Å²) in [5.41, 5.74) is 3.27. The molecule has 3 aromatic rings. The second-order valence-corrected chi connectivity index (χ2v) is 10.9. The number of nitrogens with one attached hydrogen (secondary N) is 3. The van der Waals surface area contributed by atoms with Gasteiger partial charge in [0.1, 0.15) is 16.6 Å². The standard InChI is InChI=1S/C30H37ClFN7O3/c1-33-29(41)22-7-4-8-24(32)26(22)36-28-23(31)18-34-30(37-28)35-25-10-9-19-17-20(5-3-6-21(19)27(25)42-2)39-13-11-38(12-14-39)15-16-40/h4,7-10,18,20,40H,3,5-6,11-17H2,1-2H3,(H,33,41)(H2,34,35,36,37). The third-order valence-corrected chi connectivity index (χ3v) is 8.32. The second-order valence-electron chi connectivity index (χ2n) is 10.5. The van der Waals surface area contributed by atoms with Gasteiger partial charge in [-0.05, 0) is 55.0 Å². The van der Waals surface area contributed by atoms with Crippen molar-refractivity contribution in [2.24, 2.45) is 0 Å². The fraction of sp³-hybridized carbons (Fsp3) is 0.433. The van der Waals surface area contributed by atoms with Crippen molar-refractivity contribution in [3.63, 3.8) is 0 Å². The molecule has 1 aliphatic heterocycles. The summed E-state index contributed by atoms with van der Waals surface area (Å²) in [4.78, 5) is 26.0. The zero-order valence-corrected chi connectivity index (χ0v) is 24.7. The molecular weight excluding hydrogens is 561 g/mol. The van der Waals surface area contributed by atoms with Crippen LogP contribution in [0.4, 0.5) is 27.5 Å². The van der Waals surface area contributed by atoms with Crippen molar-refractivity contribution in [1.82, 2.24) is 25.1 Å². The van der Waals surface area contributed by atoms with E-state index in [1.807, 2.05) is 6.07 Å². The van der Waals surface area contributed by atoms with Crippen molar-refractivity contribution >= 4 is 40.6 Å². The molecule has 2 aliphatic rings. The highest BCUT2D eigenvalue weighted by molar-refractivity contribution is 6.33. The van der Waals surface area contributed by atoms with Crippen molar-refractivity contribution < 1.29 is 19.0 Å². The summed E-state index contributed by atoms with van der Waals surface area (Å²) >= 11 is 6.36. The number of nitrogens with zero attached hydrogens (tertiary/aromatic N) is 4. The fourth-order valence-electron chi connectivity index (χ4n) is 5.87. The number of anilines is 4. The first kappa shape index (κ1) is 30.0.